The standard InChI is InChI=1S/C19H27NO4S/c1-15(2)14-25(23,24)17-10-12-20(13-11-17)19(22)9-8-18(21)16-6-4-3-5-7-16/h3-7,15,17H,8-14H2,1-2H3. The molecule has 5 nitrogen and oxygen atoms in total. The summed E-state index contributed by atoms with van der Waals surface area (Å²) in [4.78, 5) is 26.1. The Kier molecular flexibility index (Phi) is 6.76. The molecule has 0 aliphatic carbocycles. The van der Waals surface area contributed by atoms with Crippen LogP contribution in [-0.2, 0) is 14.6 Å². The van der Waals surface area contributed by atoms with Gasteiger partial charge in [-0.25, -0.2) is 8.42 Å². The van der Waals surface area contributed by atoms with Crippen LogP contribution >= 0.6 is 0 Å². The van der Waals surface area contributed by atoms with E-state index in [1.165, 1.54) is 0 Å². The molecule has 138 valence electrons. The average molecular weight is 365 g/mol. The number of nitrogens with zero attached hydrogens (tertiary/aromatic N) is 1. The van der Waals surface area contributed by atoms with E-state index in [1.807, 2.05) is 19.9 Å². The van der Waals surface area contributed by atoms with Gasteiger partial charge in [-0.15, -0.1) is 0 Å². The number of rotatable bonds is 7. The molecule has 25 heavy (non-hydrogen) atoms. The molecular weight excluding hydrogens is 338 g/mol. The van der Waals surface area contributed by atoms with E-state index in [2.05, 4.69) is 0 Å². The van der Waals surface area contributed by atoms with Gasteiger partial charge in [0.05, 0.1) is 11.0 Å². The maximum Gasteiger partial charge on any atom is 0.223 e. The van der Waals surface area contributed by atoms with Crippen LogP contribution in [0.3, 0.4) is 0 Å². The van der Waals surface area contributed by atoms with E-state index in [9.17, 15) is 18.0 Å². The predicted molar refractivity (Wildman–Crippen MR) is 98.2 cm³/mol. The van der Waals surface area contributed by atoms with E-state index in [0.29, 0.717) is 31.5 Å². The van der Waals surface area contributed by atoms with Crippen LogP contribution < -0.4 is 0 Å². The molecule has 1 aliphatic rings. The number of hydrogen-bond acceptors (Lipinski definition) is 4. The summed E-state index contributed by atoms with van der Waals surface area (Å²) < 4.78 is 24.6. The van der Waals surface area contributed by atoms with Gasteiger partial charge in [-0.1, -0.05) is 44.2 Å². The molecule has 0 atom stereocenters. The summed E-state index contributed by atoms with van der Waals surface area (Å²) in [6.07, 6.45) is 1.35. The summed E-state index contributed by atoms with van der Waals surface area (Å²) in [7, 11) is -3.09. The van der Waals surface area contributed by atoms with Crippen LogP contribution in [0.15, 0.2) is 30.3 Å². The molecule has 1 heterocycles. The number of carbonyl (C=O) groups is 2. The lowest BCUT2D eigenvalue weighted by Gasteiger charge is -2.32. The summed E-state index contributed by atoms with van der Waals surface area (Å²) in [6.45, 7) is 4.72. The van der Waals surface area contributed by atoms with Crippen molar-refractivity contribution in [2.75, 3.05) is 18.8 Å². The summed E-state index contributed by atoms with van der Waals surface area (Å²) in [5, 5.41) is -0.343. The highest BCUT2D eigenvalue weighted by Crippen LogP contribution is 2.21. The van der Waals surface area contributed by atoms with E-state index in [-0.39, 0.29) is 41.5 Å². The van der Waals surface area contributed by atoms with Gasteiger partial charge in [0.15, 0.2) is 15.6 Å². The Bertz CT molecular complexity index is 689. The minimum Gasteiger partial charge on any atom is -0.343 e. The Morgan fingerprint density at radius 1 is 1.08 bits per heavy atom. The highest BCUT2D eigenvalue weighted by atomic mass is 32.2. The van der Waals surface area contributed by atoms with Crippen molar-refractivity contribution in [3.63, 3.8) is 0 Å². The Morgan fingerprint density at radius 3 is 2.24 bits per heavy atom. The fourth-order valence-corrected chi connectivity index (χ4v) is 5.34. The molecule has 1 aliphatic heterocycles. The zero-order chi connectivity index (χ0) is 18.4. The highest BCUT2D eigenvalue weighted by molar-refractivity contribution is 7.92. The molecule has 0 radical (unpaired) electrons. The van der Waals surface area contributed by atoms with Crippen molar-refractivity contribution in [1.82, 2.24) is 4.90 Å². The predicted octanol–water partition coefficient (Wildman–Crippen LogP) is 2.71. The number of carbonyl (C=O) groups excluding carboxylic acids is 2. The number of ketones is 1. The molecule has 1 aromatic rings. The van der Waals surface area contributed by atoms with E-state index in [1.54, 1.807) is 29.2 Å². The lowest BCUT2D eigenvalue weighted by Crippen LogP contribution is -2.43. The number of amides is 1. The lowest BCUT2D eigenvalue weighted by molar-refractivity contribution is -0.132. The Labute approximate surface area is 150 Å². The molecule has 0 bridgehead atoms. The largest absolute Gasteiger partial charge is 0.343 e. The fraction of sp³-hybridized carbons (Fsp3) is 0.579. The van der Waals surface area contributed by atoms with Crippen molar-refractivity contribution < 1.29 is 18.0 Å². The van der Waals surface area contributed by atoms with E-state index < -0.39 is 9.84 Å². The quantitative estimate of drug-likeness (QED) is 0.697. The van der Waals surface area contributed by atoms with Crippen molar-refractivity contribution in [2.45, 2.75) is 44.8 Å². The minimum atomic E-state index is -3.09. The molecular formula is C19H27NO4S. The second-order valence-corrected chi connectivity index (χ2v) is 9.42. The summed E-state index contributed by atoms with van der Waals surface area (Å²) in [6, 6.07) is 8.95. The Balaban J connectivity index is 1.80. The highest BCUT2D eigenvalue weighted by Gasteiger charge is 2.31. The van der Waals surface area contributed by atoms with Gasteiger partial charge < -0.3 is 4.90 Å². The number of Topliss-reactive ketones (excluding diaryl/α,β-unsaturated/α-hetero) is 1. The van der Waals surface area contributed by atoms with Crippen LogP contribution in [0.25, 0.3) is 0 Å². The second-order valence-electron chi connectivity index (χ2n) is 7.09. The van der Waals surface area contributed by atoms with Gasteiger partial charge in [-0.3, -0.25) is 9.59 Å². The minimum absolute atomic E-state index is 0.0386. The molecule has 1 fully saturated rings. The maximum absolute atomic E-state index is 12.3. The van der Waals surface area contributed by atoms with Crippen molar-refractivity contribution in [3.8, 4) is 0 Å². The lowest BCUT2D eigenvalue weighted by atomic mass is 10.1. The van der Waals surface area contributed by atoms with Gasteiger partial charge in [0.1, 0.15) is 0 Å². The van der Waals surface area contributed by atoms with E-state index in [4.69, 9.17) is 0 Å². The monoisotopic (exact) mass is 365 g/mol. The average Bonchev–Trinajstić information content (AvgIpc) is 2.59. The molecule has 6 heteroatoms. The zero-order valence-corrected chi connectivity index (χ0v) is 15.8. The van der Waals surface area contributed by atoms with Crippen LogP contribution in [0.5, 0.6) is 0 Å². The first kappa shape index (κ1) is 19.6. The van der Waals surface area contributed by atoms with Crippen molar-refractivity contribution in [2.24, 2.45) is 5.92 Å². The van der Waals surface area contributed by atoms with Gasteiger partial charge in [0.25, 0.3) is 0 Å². The van der Waals surface area contributed by atoms with Crippen LogP contribution in [0.2, 0.25) is 0 Å². The first-order valence-electron chi connectivity index (χ1n) is 8.87. The Morgan fingerprint density at radius 2 is 1.68 bits per heavy atom. The fourth-order valence-electron chi connectivity index (χ4n) is 3.21. The first-order valence-corrected chi connectivity index (χ1v) is 10.6. The first-order chi connectivity index (χ1) is 11.8. The molecule has 0 spiro atoms. The van der Waals surface area contributed by atoms with Crippen LogP contribution in [0.1, 0.15) is 49.9 Å². The zero-order valence-electron chi connectivity index (χ0n) is 15.0. The van der Waals surface area contributed by atoms with Crippen molar-refractivity contribution in [1.29, 1.82) is 0 Å². The molecule has 1 aromatic carbocycles. The number of likely N-dealkylation sites (tertiary alicyclic amines) is 1. The Hall–Kier alpha value is -1.69. The van der Waals surface area contributed by atoms with Crippen molar-refractivity contribution in [3.05, 3.63) is 35.9 Å². The van der Waals surface area contributed by atoms with E-state index in [0.717, 1.165) is 0 Å². The number of sulfone groups is 1. The van der Waals surface area contributed by atoms with Gasteiger partial charge in [0.2, 0.25) is 5.91 Å². The van der Waals surface area contributed by atoms with Gasteiger partial charge >= 0.3 is 0 Å². The molecule has 2 rings (SSSR count). The van der Waals surface area contributed by atoms with E-state index >= 15 is 0 Å². The second kappa shape index (κ2) is 8.61. The van der Waals surface area contributed by atoms with Crippen LogP contribution in [0, 0.1) is 5.92 Å². The molecule has 0 saturated carbocycles. The third-order valence-electron chi connectivity index (χ3n) is 4.53. The number of hydrogen-bond donors (Lipinski definition) is 0. The van der Waals surface area contributed by atoms with Gasteiger partial charge in [-0.2, -0.15) is 0 Å². The number of benzene rings is 1. The number of piperidine rings is 1. The molecule has 1 saturated heterocycles. The molecule has 0 unspecified atom stereocenters. The third-order valence-corrected chi connectivity index (χ3v) is 7.15. The van der Waals surface area contributed by atoms with Crippen molar-refractivity contribution >= 4 is 21.5 Å². The van der Waals surface area contributed by atoms with Gasteiger partial charge in [-0.05, 0) is 18.8 Å². The summed E-state index contributed by atoms with van der Waals surface area (Å²) in [5.74, 6) is 0.220. The SMILES string of the molecule is CC(C)CS(=O)(=O)C1CCN(C(=O)CCC(=O)c2ccccc2)CC1. The molecule has 1 amide bonds. The maximum atomic E-state index is 12.3. The van der Waals surface area contributed by atoms with Crippen LogP contribution in [-0.4, -0.2) is 49.1 Å². The van der Waals surface area contributed by atoms with Crippen LogP contribution in [0.4, 0.5) is 0 Å². The normalized spacial score (nSPS) is 16.2. The summed E-state index contributed by atoms with van der Waals surface area (Å²) in [5.41, 5.74) is 0.619. The molecule has 0 N–H and O–H groups in total. The van der Waals surface area contributed by atoms with Gasteiger partial charge in [0, 0.05) is 31.5 Å². The third kappa shape index (κ3) is 5.66. The smallest absolute Gasteiger partial charge is 0.223 e. The summed E-state index contributed by atoms with van der Waals surface area (Å²) >= 11 is 0. The topological polar surface area (TPSA) is 71.5 Å². The molecule has 0 aromatic heterocycles.